The number of thiophene rings is 1. The number of pyridine rings is 1. The fourth-order valence-corrected chi connectivity index (χ4v) is 3.61. The van der Waals surface area contributed by atoms with Gasteiger partial charge in [-0.15, -0.1) is 11.3 Å². The largest absolute Gasteiger partial charge is 0.341 e. The lowest BCUT2D eigenvalue weighted by Crippen LogP contribution is -2.28. The molecule has 4 heteroatoms. The fourth-order valence-electron chi connectivity index (χ4n) is 2.56. The van der Waals surface area contributed by atoms with Gasteiger partial charge in [0, 0.05) is 47.6 Å². The van der Waals surface area contributed by atoms with Gasteiger partial charge < -0.3 is 4.90 Å². The monoisotopic (exact) mass is 286 g/mol. The van der Waals surface area contributed by atoms with Crippen LogP contribution in [0.1, 0.15) is 27.7 Å². The Morgan fingerprint density at radius 2 is 2.10 bits per heavy atom. The summed E-state index contributed by atoms with van der Waals surface area (Å²) in [6.07, 6.45) is 4.53. The highest BCUT2D eigenvalue weighted by atomic mass is 32.1. The maximum Gasteiger partial charge on any atom is 0.226 e. The highest BCUT2D eigenvalue weighted by molar-refractivity contribution is 7.12. The summed E-state index contributed by atoms with van der Waals surface area (Å²) in [7, 11) is 1.89. The predicted octanol–water partition coefficient (Wildman–Crippen LogP) is 3.21. The molecule has 3 nitrogen and oxygen atoms in total. The second-order valence-electron chi connectivity index (χ2n) is 5.45. The summed E-state index contributed by atoms with van der Waals surface area (Å²) in [6, 6.07) is 8.22. The smallest absolute Gasteiger partial charge is 0.226 e. The van der Waals surface area contributed by atoms with Crippen LogP contribution in [0.15, 0.2) is 36.7 Å². The molecular formula is C16H18N2OS. The van der Waals surface area contributed by atoms with E-state index in [1.165, 1.54) is 9.75 Å². The standard InChI is InChI=1S/C16H18N2OS/c1-11-3-4-15(20-11)13-9-14(13)16(19)18(2)10-12-5-7-17-8-6-12/h3-8,13-14H,9-10H2,1-2H3/t13-,14-/m1/s1. The first kappa shape index (κ1) is 13.3. The van der Waals surface area contributed by atoms with Crippen LogP contribution in [0.4, 0.5) is 0 Å². The minimum Gasteiger partial charge on any atom is -0.341 e. The second-order valence-corrected chi connectivity index (χ2v) is 6.77. The first-order valence-electron chi connectivity index (χ1n) is 6.85. The Labute approximate surface area is 123 Å². The van der Waals surface area contributed by atoms with Crippen molar-refractivity contribution in [1.82, 2.24) is 9.88 Å². The molecule has 0 radical (unpaired) electrons. The molecule has 0 spiro atoms. The van der Waals surface area contributed by atoms with Crippen LogP contribution in [0, 0.1) is 12.8 Å². The van der Waals surface area contributed by atoms with E-state index in [-0.39, 0.29) is 11.8 Å². The van der Waals surface area contributed by atoms with Crippen molar-refractivity contribution in [3.8, 4) is 0 Å². The summed E-state index contributed by atoms with van der Waals surface area (Å²) in [5.41, 5.74) is 1.13. The summed E-state index contributed by atoms with van der Waals surface area (Å²) in [4.78, 5) is 20.9. The van der Waals surface area contributed by atoms with Gasteiger partial charge in [-0.1, -0.05) is 0 Å². The number of carbonyl (C=O) groups is 1. The van der Waals surface area contributed by atoms with E-state index in [1.54, 1.807) is 12.4 Å². The van der Waals surface area contributed by atoms with Gasteiger partial charge in [0.15, 0.2) is 0 Å². The van der Waals surface area contributed by atoms with E-state index < -0.39 is 0 Å². The zero-order chi connectivity index (χ0) is 14.1. The number of nitrogens with zero attached hydrogens (tertiary/aromatic N) is 2. The lowest BCUT2D eigenvalue weighted by Gasteiger charge is -2.17. The molecule has 1 saturated carbocycles. The van der Waals surface area contributed by atoms with Crippen molar-refractivity contribution in [2.45, 2.75) is 25.8 Å². The molecule has 0 N–H and O–H groups in total. The van der Waals surface area contributed by atoms with Crippen molar-refractivity contribution in [3.63, 3.8) is 0 Å². The first-order valence-corrected chi connectivity index (χ1v) is 7.67. The van der Waals surface area contributed by atoms with Crippen molar-refractivity contribution in [3.05, 3.63) is 52.0 Å². The van der Waals surface area contributed by atoms with Crippen LogP contribution in [0.3, 0.4) is 0 Å². The van der Waals surface area contributed by atoms with Gasteiger partial charge in [-0.3, -0.25) is 9.78 Å². The molecule has 1 aliphatic carbocycles. The molecule has 1 amide bonds. The van der Waals surface area contributed by atoms with Crippen LogP contribution in [0.25, 0.3) is 0 Å². The molecule has 1 fully saturated rings. The third-order valence-corrected chi connectivity index (χ3v) is 4.91. The number of amides is 1. The van der Waals surface area contributed by atoms with Crippen molar-refractivity contribution < 1.29 is 4.79 Å². The summed E-state index contributed by atoms with van der Waals surface area (Å²) in [6.45, 7) is 2.77. The molecular weight excluding hydrogens is 268 g/mol. The molecule has 3 rings (SSSR count). The van der Waals surface area contributed by atoms with Gasteiger partial charge in [0.25, 0.3) is 0 Å². The van der Waals surface area contributed by atoms with Crippen molar-refractivity contribution in [1.29, 1.82) is 0 Å². The molecule has 2 atom stereocenters. The second kappa shape index (κ2) is 5.37. The summed E-state index contributed by atoms with van der Waals surface area (Å²) in [5.74, 6) is 0.888. The molecule has 2 aromatic heterocycles. The highest BCUT2D eigenvalue weighted by Crippen LogP contribution is 2.50. The van der Waals surface area contributed by atoms with Gasteiger partial charge in [0.1, 0.15) is 0 Å². The van der Waals surface area contributed by atoms with Gasteiger partial charge in [-0.05, 0) is 43.2 Å². The zero-order valence-corrected chi connectivity index (χ0v) is 12.6. The van der Waals surface area contributed by atoms with Crippen LogP contribution in [0.5, 0.6) is 0 Å². The molecule has 2 heterocycles. The van der Waals surface area contributed by atoms with Gasteiger partial charge in [0.05, 0.1) is 0 Å². The van der Waals surface area contributed by atoms with Crippen LogP contribution >= 0.6 is 11.3 Å². The number of aryl methyl sites for hydroxylation is 1. The van der Waals surface area contributed by atoms with Crippen LogP contribution in [0.2, 0.25) is 0 Å². The highest BCUT2D eigenvalue weighted by Gasteiger charge is 2.45. The Balaban J connectivity index is 1.60. The number of aromatic nitrogens is 1. The Morgan fingerprint density at radius 3 is 2.75 bits per heavy atom. The number of hydrogen-bond donors (Lipinski definition) is 0. The topological polar surface area (TPSA) is 33.2 Å². The average molecular weight is 286 g/mol. The lowest BCUT2D eigenvalue weighted by atomic mass is 10.2. The van der Waals surface area contributed by atoms with E-state index >= 15 is 0 Å². The van der Waals surface area contributed by atoms with E-state index in [4.69, 9.17) is 0 Å². The van der Waals surface area contributed by atoms with Crippen molar-refractivity contribution in [2.24, 2.45) is 5.92 Å². The third-order valence-electron chi connectivity index (χ3n) is 3.78. The Bertz CT molecular complexity index is 608. The third kappa shape index (κ3) is 2.75. The minimum absolute atomic E-state index is 0.180. The molecule has 2 aromatic rings. The molecule has 0 aliphatic heterocycles. The van der Waals surface area contributed by atoms with Gasteiger partial charge in [-0.2, -0.15) is 0 Å². The van der Waals surface area contributed by atoms with Crippen LogP contribution < -0.4 is 0 Å². The van der Waals surface area contributed by atoms with Crippen LogP contribution in [-0.2, 0) is 11.3 Å². The lowest BCUT2D eigenvalue weighted by molar-refractivity contribution is -0.131. The van der Waals surface area contributed by atoms with Crippen LogP contribution in [-0.4, -0.2) is 22.8 Å². The van der Waals surface area contributed by atoms with E-state index in [0.717, 1.165) is 12.0 Å². The summed E-state index contributed by atoms with van der Waals surface area (Å²) in [5, 5.41) is 0. The predicted molar refractivity (Wildman–Crippen MR) is 80.6 cm³/mol. The van der Waals surface area contributed by atoms with E-state index in [0.29, 0.717) is 12.5 Å². The normalized spacial score (nSPS) is 20.7. The quantitative estimate of drug-likeness (QED) is 0.864. The molecule has 20 heavy (non-hydrogen) atoms. The maximum atomic E-state index is 12.4. The Kier molecular flexibility index (Phi) is 3.57. The SMILES string of the molecule is Cc1ccc([C@@H]2C[C@H]2C(=O)N(C)Cc2ccncc2)s1. The molecule has 0 saturated heterocycles. The molecule has 1 aliphatic rings. The first-order chi connectivity index (χ1) is 9.65. The average Bonchev–Trinajstić information content (AvgIpc) is 3.14. The molecule has 0 unspecified atom stereocenters. The number of hydrogen-bond acceptors (Lipinski definition) is 3. The fraction of sp³-hybridized carbons (Fsp3) is 0.375. The molecule has 0 bridgehead atoms. The maximum absolute atomic E-state index is 12.4. The Hall–Kier alpha value is -1.68. The van der Waals surface area contributed by atoms with Crippen molar-refractivity contribution in [2.75, 3.05) is 7.05 Å². The van der Waals surface area contributed by atoms with Gasteiger partial charge >= 0.3 is 0 Å². The zero-order valence-electron chi connectivity index (χ0n) is 11.7. The number of rotatable bonds is 4. The minimum atomic E-state index is 0.180. The summed E-state index contributed by atoms with van der Waals surface area (Å²) >= 11 is 1.82. The summed E-state index contributed by atoms with van der Waals surface area (Å²) < 4.78 is 0. The molecule has 104 valence electrons. The van der Waals surface area contributed by atoms with Gasteiger partial charge in [-0.25, -0.2) is 0 Å². The number of carbonyl (C=O) groups excluding carboxylic acids is 1. The molecule has 0 aromatic carbocycles. The van der Waals surface area contributed by atoms with E-state index in [2.05, 4.69) is 24.0 Å². The Morgan fingerprint density at radius 1 is 1.35 bits per heavy atom. The van der Waals surface area contributed by atoms with Gasteiger partial charge in [0.2, 0.25) is 5.91 Å². The van der Waals surface area contributed by atoms with E-state index in [1.807, 2.05) is 35.4 Å². The van der Waals surface area contributed by atoms with E-state index in [9.17, 15) is 4.79 Å². The van der Waals surface area contributed by atoms with Crippen molar-refractivity contribution >= 4 is 17.2 Å².